The van der Waals surface area contributed by atoms with Gasteiger partial charge in [0, 0.05) is 142 Å². The highest BCUT2D eigenvalue weighted by Gasteiger charge is 2.48. The third-order valence-corrected chi connectivity index (χ3v) is 21.3. The molecule has 10 rings (SSSR count). The quantitative estimate of drug-likeness (QED) is 0.0470. The number of halogens is 1. The molecule has 2 aromatic heterocycles. The number of carbonyl (C=O) groups excluding carboxylic acids is 8. The second kappa shape index (κ2) is 48.2. The van der Waals surface area contributed by atoms with Gasteiger partial charge in [0.1, 0.15) is 46.3 Å². The number of aromatic nitrogens is 2. The summed E-state index contributed by atoms with van der Waals surface area (Å²) in [4.78, 5) is 113. The number of ether oxygens (including phenoxy) is 2. The molecule has 20 heteroatoms. The monoisotopic (exact) mass is 1560 g/mol. The van der Waals surface area contributed by atoms with Crippen LogP contribution in [-0.4, -0.2) is 219 Å². The molecule has 1 aliphatic heterocycles. The number of carbonyl (C=O) groups is 8. The lowest BCUT2D eigenvalue weighted by Crippen LogP contribution is -2.52. The van der Waals surface area contributed by atoms with Gasteiger partial charge < -0.3 is 43.8 Å². The normalized spacial score (nSPS) is 15.9. The lowest BCUT2D eigenvalue weighted by Gasteiger charge is -2.47. The van der Waals surface area contributed by atoms with Crippen LogP contribution < -0.4 is 0 Å². The highest BCUT2D eigenvalue weighted by Crippen LogP contribution is 2.44. The summed E-state index contributed by atoms with van der Waals surface area (Å²) in [5.41, 5.74) is 8.11. The first kappa shape index (κ1) is 96.3. The van der Waals surface area contributed by atoms with Crippen molar-refractivity contribution in [3.05, 3.63) is 203 Å². The molecule has 1 saturated heterocycles. The Morgan fingerprint density at radius 1 is 0.366 bits per heavy atom. The van der Waals surface area contributed by atoms with Crippen LogP contribution in [0.4, 0.5) is 0 Å². The Balaban J connectivity index is 0.000000277. The largest absolute Gasteiger partial charge is 0.348 e. The van der Waals surface area contributed by atoms with Crippen LogP contribution in [0.1, 0.15) is 203 Å². The van der Waals surface area contributed by atoms with Gasteiger partial charge in [0.15, 0.2) is 5.79 Å². The molecular formula is C92H130ClN9O10. The van der Waals surface area contributed by atoms with E-state index < -0.39 is 0 Å². The Morgan fingerprint density at radius 3 is 1.11 bits per heavy atom. The molecule has 2 saturated carbocycles. The molecule has 19 nitrogen and oxygen atoms in total. The lowest BCUT2D eigenvalue weighted by atomic mass is 9.75. The second-order valence-electron chi connectivity index (χ2n) is 31.8. The Kier molecular flexibility index (Phi) is 41.5. The van der Waals surface area contributed by atoms with Crippen molar-refractivity contribution in [3.63, 3.8) is 0 Å². The van der Waals surface area contributed by atoms with Crippen molar-refractivity contribution in [3.8, 4) is 11.1 Å². The number of Topliss-reactive ketones (excluding diaryl/α,β-unsaturated/α-hetero) is 8. The molecule has 3 heterocycles. The number of pyridine rings is 2. The van der Waals surface area contributed by atoms with Crippen molar-refractivity contribution < 1.29 is 47.8 Å². The first-order valence-electron chi connectivity index (χ1n) is 38.9. The van der Waals surface area contributed by atoms with Crippen LogP contribution in [0.2, 0.25) is 5.02 Å². The average molecular weight is 1560 g/mol. The van der Waals surface area contributed by atoms with Crippen LogP contribution in [-0.2, 0) is 47.8 Å². The summed E-state index contributed by atoms with van der Waals surface area (Å²) in [5.74, 6) is 1.53. The van der Waals surface area contributed by atoms with Gasteiger partial charge in [-0.15, -0.1) is 0 Å². The van der Waals surface area contributed by atoms with Crippen LogP contribution in [0.25, 0.3) is 21.9 Å². The zero-order chi connectivity index (χ0) is 83.5. The maximum absolute atomic E-state index is 11.4. The first-order valence-corrected chi connectivity index (χ1v) is 39.3. The molecule has 2 aliphatic carbocycles. The Labute approximate surface area is 675 Å². The summed E-state index contributed by atoms with van der Waals surface area (Å²) in [7, 11) is 28.0. The summed E-state index contributed by atoms with van der Waals surface area (Å²) < 4.78 is 11.5. The molecule has 0 N–H and O–H groups in total. The maximum atomic E-state index is 11.4. The van der Waals surface area contributed by atoms with Gasteiger partial charge in [0.05, 0.1) is 13.2 Å². The van der Waals surface area contributed by atoms with Gasteiger partial charge in [-0.3, -0.25) is 48.3 Å². The fourth-order valence-corrected chi connectivity index (χ4v) is 14.6. The first-order chi connectivity index (χ1) is 52.8. The molecule has 5 aromatic carbocycles. The van der Waals surface area contributed by atoms with Crippen molar-refractivity contribution in [1.29, 1.82) is 0 Å². The van der Waals surface area contributed by atoms with Crippen molar-refractivity contribution in [2.75, 3.05) is 112 Å². The average Bonchev–Trinajstić information content (AvgIpc) is 1.50. The topological polar surface area (TPSA) is 203 Å². The second-order valence-corrected chi connectivity index (χ2v) is 32.2. The minimum atomic E-state index is -0.337. The number of nitrogens with zero attached hydrogens (tertiary/aromatic N) is 9. The van der Waals surface area contributed by atoms with Gasteiger partial charge in [-0.05, 0) is 259 Å². The van der Waals surface area contributed by atoms with E-state index in [0.717, 1.165) is 60.2 Å². The summed E-state index contributed by atoms with van der Waals surface area (Å²) in [6.45, 7) is 12.9. The summed E-state index contributed by atoms with van der Waals surface area (Å²) >= 11 is 5.82. The minimum absolute atomic E-state index is 0.00634. The zero-order valence-electron chi connectivity index (χ0n) is 71.1. The lowest BCUT2D eigenvalue weighted by molar-refractivity contribution is -0.193. The van der Waals surface area contributed by atoms with Crippen LogP contribution in [0.15, 0.2) is 170 Å². The van der Waals surface area contributed by atoms with E-state index in [1.54, 1.807) is 67.1 Å². The SMILES string of the molecule is CC(=O)CC(c1ccc(-c2ccccc2)cc1)N(C)C.CC(=O)CC(c1ccc(Cl)cc1)N(C)C.CC(=O)CC(c1ccc2ccccc2c1)N(C)C.CC(=O)CC(c1cccnc1)N(C)C.CC(=O)CC(c1ccncc1)N(C)C.CC(=O)CC1(N(C)C)CCC(=O)CC1.CC(=O)CC1(N(C)C)CCC2(CC1)OCCO2. The summed E-state index contributed by atoms with van der Waals surface area (Å²) in [5, 5.41) is 3.19. The van der Waals surface area contributed by atoms with E-state index in [1.807, 2.05) is 179 Å². The number of hydrogen-bond donors (Lipinski definition) is 0. The molecule has 7 aromatic rings. The summed E-state index contributed by atoms with van der Waals surface area (Å²) in [6, 6.07) is 49.7. The fraction of sp³-hybridized carbons (Fsp3) is 0.500. The highest BCUT2D eigenvalue weighted by atomic mass is 35.5. The van der Waals surface area contributed by atoms with Gasteiger partial charge in [0.2, 0.25) is 0 Å². The number of fused-ring (bicyclic) bond motifs is 1. The van der Waals surface area contributed by atoms with Crippen molar-refractivity contribution >= 4 is 68.6 Å². The Morgan fingerprint density at radius 2 is 0.723 bits per heavy atom. The molecule has 3 aliphatic rings. The predicted octanol–water partition coefficient (Wildman–Crippen LogP) is 16.6. The van der Waals surface area contributed by atoms with Crippen molar-refractivity contribution in [2.24, 2.45) is 0 Å². The zero-order valence-corrected chi connectivity index (χ0v) is 71.8. The fourth-order valence-electron chi connectivity index (χ4n) is 14.5. The highest BCUT2D eigenvalue weighted by molar-refractivity contribution is 6.30. The van der Waals surface area contributed by atoms with Crippen molar-refractivity contribution in [1.82, 2.24) is 44.3 Å². The Hall–Kier alpha value is -8.05. The third kappa shape index (κ3) is 33.2. The van der Waals surface area contributed by atoms with Crippen LogP contribution >= 0.6 is 11.6 Å². The number of rotatable bonds is 27. The molecular weight excluding hydrogens is 1430 g/mol. The standard InChI is InChI=1S/C18H21NO.C16H19NO.C13H23NO3.C12H16ClNO.2C11H16N2O.C11H19NO2/c1-14(20)13-18(19(2)3)17-11-9-16(10-12-17)15-7-5-4-6-8-15;1-12(18)10-16(17(2)3)15-9-8-13-6-4-5-7-14(13)11-15;1-11(15)10-12(14(2)3)4-6-13(7-5-12)16-8-9-17-13;1-9(15)8-12(14(2)3)10-4-6-11(13)7-5-10;1-9(14)8-11(13(2)3)10-4-6-12-7-5-10;1-9(14)7-11(13(2)3)10-5-4-6-12-8-10;1-9(13)8-11(12(2)3)6-4-10(14)5-7-11/h4-12,18H,13H2,1-3H3;4-9,11,16H,10H2,1-3H3;4-10H2,1-3H3;4-7,12H,8H2,1-3H3;4-7,11H,8H2,1-3H3;4-6,8,11H,7H2,1-3H3;4-8H2,1-3H3. The number of ketones is 8. The third-order valence-electron chi connectivity index (χ3n) is 21.0. The van der Waals surface area contributed by atoms with Gasteiger partial charge in [-0.2, -0.15) is 0 Å². The molecule has 5 unspecified atom stereocenters. The van der Waals surface area contributed by atoms with E-state index in [4.69, 9.17) is 21.1 Å². The molecule has 3 fully saturated rings. The molecule has 610 valence electrons. The van der Waals surface area contributed by atoms with E-state index in [2.05, 4.69) is 115 Å². The Bertz CT molecular complexity index is 3930. The van der Waals surface area contributed by atoms with Gasteiger partial charge in [-0.1, -0.05) is 121 Å². The van der Waals surface area contributed by atoms with E-state index in [-0.39, 0.29) is 87.6 Å². The van der Waals surface area contributed by atoms with Gasteiger partial charge in [-0.25, -0.2) is 0 Å². The number of hydrogen-bond acceptors (Lipinski definition) is 19. The van der Waals surface area contributed by atoms with E-state index in [0.29, 0.717) is 76.8 Å². The molecule has 0 radical (unpaired) electrons. The van der Waals surface area contributed by atoms with Crippen molar-refractivity contribution in [2.45, 2.75) is 192 Å². The maximum Gasteiger partial charge on any atom is 0.168 e. The molecule has 1 spiro atoms. The number of benzene rings is 5. The van der Waals surface area contributed by atoms with Gasteiger partial charge in [0.25, 0.3) is 0 Å². The molecule has 5 atom stereocenters. The minimum Gasteiger partial charge on any atom is -0.348 e. The smallest absolute Gasteiger partial charge is 0.168 e. The predicted molar refractivity (Wildman–Crippen MR) is 454 cm³/mol. The van der Waals surface area contributed by atoms with E-state index in [1.165, 1.54) is 33.0 Å². The van der Waals surface area contributed by atoms with E-state index >= 15 is 0 Å². The van der Waals surface area contributed by atoms with Gasteiger partial charge >= 0.3 is 0 Å². The van der Waals surface area contributed by atoms with Crippen LogP contribution in [0, 0.1) is 0 Å². The van der Waals surface area contributed by atoms with E-state index in [9.17, 15) is 38.4 Å². The molecule has 0 bridgehead atoms. The van der Waals surface area contributed by atoms with Crippen LogP contribution in [0.3, 0.4) is 0 Å². The summed E-state index contributed by atoms with van der Waals surface area (Å²) in [6.07, 6.45) is 17.7. The molecule has 0 amide bonds. The van der Waals surface area contributed by atoms with Crippen LogP contribution in [0.5, 0.6) is 0 Å². The molecule has 112 heavy (non-hydrogen) atoms.